The average Bonchev–Trinajstić information content (AvgIpc) is 2.78. The molecule has 1 heterocycles. The number of imide groups is 2. The van der Waals surface area contributed by atoms with Crippen molar-refractivity contribution in [3.8, 4) is 0 Å². The number of nitrogens with zero attached hydrogens (tertiary/aromatic N) is 3. The standard InChI is InChI=1S/C18H12Cl2F9N3O6/c1-30-10(33)9(11(34)31(2)15(30)36)12(35)32(8-4-6(19)3-7(20)5-8)38-17(26,27)14(23)37-18(28,29)16(24,25)13(21)22/h3-5,9,13-14H,1-2H3. The van der Waals surface area contributed by atoms with Crippen LogP contribution in [0.1, 0.15) is 0 Å². The Bertz CT molecular complexity index is 1100. The van der Waals surface area contributed by atoms with Gasteiger partial charge >= 0.3 is 30.6 Å². The predicted molar refractivity (Wildman–Crippen MR) is 106 cm³/mol. The lowest BCUT2D eigenvalue weighted by Crippen LogP contribution is -2.61. The molecule has 5 amide bonds. The summed E-state index contributed by atoms with van der Waals surface area (Å²) in [5.41, 5.74) is -0.994. The van der Waals surface area contributed by atoms with Crippen LogP contribution in [-0.2, 0) is 24.0 Å². The second-order valence-corrected chi connectivity index (χ2v) is 8.17. The van der Waals surface area contributed by atoms with Crippen LogP contribution in [0.15, 0.2) is 18.2 Å². The number of urea groups is 1. The van der Waals surface area contributed by atoms with E-state index in [0.717, 1.165) is 20.2 Å². The highest BCUT2D eigenvalue weighted by molar-refractivity contribution is 6.35. The van der Waals surface area contributed by atoms with Crippen LogP contribution in [0.5, 0.6) is 0 Å². The summed E-state index contributed by atoms with van der Waals surface area (Å²) < 4.78 is 122. The first-order chi connectivity index (χ1) is 17.2. The molecule has 1 fully saturated rings. The lowest BCUT2D eigenvalue weighted by molar-refractivity contribution is -0.439. The maximum atomic E-state index is 14.4. The summed E-state index contributed by atoms with van der Waals surface area (Å²) in [4.78, 5) is 53.9. The molecule has 1 aromatic carbocycles. The minimum absolute atomic E-state index is 0.208. The number of carbonyl (C=O) groups is 4. The molecule has 38 heavy (non-hydrogen) atoms. The van der Waals surface area contributed by atoms with Crippen molar-refractivity contribution in [2.75, 3.05) is 19.2 Å². The Balaban J connectivity index is 2.52. The lowest BCUT2D eigenvalue weighted by atomic mass is 10.0. The third-order valence-corrected chi connectivity index (χ3v) is 5.09. The molecule has 0 radical (unpaired) electrons. The molecule has 0 aromatic heterocycles. The van der Waals surface area contributed by atoms with Crippen LogP contribution < -0.4 is 5.06 Å². The first kappa shape index (κ1) is 31.4. The van der Waals surface area contributed by atoms with E-state index < -0.39 is 81.4 Å². The van der Waals surface area contributed by atoms with Gasteiger partial charge in [-0.05, 0) is 18.2 Å². The lowest BCUT2D eigenvalue weighted by Gasteiger charge is -2.35. The number of barbiturate groups is 1. The molecule has 1 unspecified atom stereocenters. The fraction of sp³-hybridized carbons (Fsp3) is 0.444. The van der Waals surface area contributed by atoms with Crippen molar-refractivity contribution in [1.82, 2.24) is 9.80 Å². The summed E-state index contributed by atoms with van der Waals surface area (Å²) in [5.74, 6) is -14.4. The van der Waals surface area contributed by atoms with E-state index in [0.29, 0.717) is 12.1 Å². The molecule has 0 spiro atoms. The number of amides is 5. The van der Waals surface area contributed by atoms with E-state index >= 15 is 0 Å². The van der Waals surface area contributed by atoms with E-state index in [1.165, 1.54) is 0 Å². The van der Waals surface area contributed by atoms with Gasteiger partial charge in [-0.25, -0.2) is 18.0 Å². The molecule has 1 aromatic rings. The van der Waals surface area contributed by atoms with Crippen molar-refractivity contribution in [2.45, 2.75) is 30.9 Å². The molecule has 1 aliphatic rings. The molecule has 20 heteroatoms. The first-order valence-electron chi connectivity index (χ1n) is 9.47. The van der Waals surface area contributed by atoms with E-state index in [9.17, 15) is 58.7 Å². The Morgan fingerprint density at radius 2 is 1.37 bits per heavy atom. The van der Waals surface area contributed by atoms with E-state index in [4.69, 9.17) is 23.2 Å². The maximum absolute atomic E-state index is 14.4. The summed E-state index contributed by atoms with van der Waals surface area (Å²) >= 11 is 11.4. The van der Waals surface area contributed by atoms with Crippen molar-refractivity contribution >= 4 is 52.6 Å². The van der Waals surface area contributed by atoms with E-state index in [1.54, 1.807) is 0 Å². The minimum Gasteiger partial charge on any atom is -0.273 e. The van der Waals surface area contributed by atoms with Crippen LogP contribution in [0.4, 0.5) is 50.0 Å². The number of halogens is 11. The highest BCUT2D eigenvalue weighted by atomic mass is 35.5. The quantitative estimate of drug-likeness (QED) is 0.236. The van der Waals surface area contributed by atoms with Gasteiger partial charge in [0.2, 0.25) is 0 Å². The number of benzene rings is 1. The van der Waals surface area contributed by atoms with Crippen molar-refractivity contribution in [3.05, 3.63) is 28.2 Å². The Morgan fingerprint density at radius 3 is 1.79 bits per heavy atom. The molecule has 2 rings (SSSR count). The van der Waals surface area contributed by atoms with Gasteiger partial charge in [-0.15, -0.1) is 0 Å². The molecule has 0 bridgehead atoms. The summed E-state index contributed by atoms with van der Waals surface area (Å²) in [6, 6.07) is 0.905. The van der Waals surface area contributed by atoms with Gasteiger partial charge in [-0.2, -0.15) is 36.2 Å². The van der Waals surface area contributed by atoms with Gasteiger partial charge in [0.05, 0.1) is 5.69 Å². The summed E-state index contributed by atoms with van der Waals surface area (Å²) in [7, 11) is 1.56. The molecule has 0 N–H and O–H groups in total. The van der Waals surface area contributed by atoms with Gasteiger partial charge in [0.15, 0.2) is 5.92 Å². The number of rotatable bonds is 9. The van der Waals surface area contributed by atoms with Crippen LogP contribution in [-0.4, -0.2) is 78.6 Å². The fourth-order valence-corrected chi connectivity index (χ4v) is 3.20. The third-order valence-electron chi connectivity index (χ3n) is 4.65. The second-order valence-electron chi connectivity index (χ2n) is 7.30. The summed E-state index contributed by atoms with van der Waals surface area (Å²) in [6.45, 7) is 0. The molecular formula is C18H12Cl2F9N3O6. The predicted octanol–water partition coefficient (Wildman–Crippen LogP) is 4.32. The van der Waals surface area contributed by atoms with Crippen LogP contribution in [0.2, 0.25) is 10.0 Å². The van der Waals surface area contributed by atoms with E-state index in [1.807, 2.05) is 0 Å². The SMILES string of the molecule is CN1C(=O)C(C(=O)N(OC(F)(F)C(F)OC(F)(F)C(F)(F)C(F)F)c2cc(Cl)cc(Cl)c2)C(=O)N(C)C1=O. The smallest absolute Gasteiger partial charge is 0.273 e. The average molecular weight is 608 g/mol. The Labute approximate surface area is 215 Å². The zero-order chi connectivity index (χ0) is 29.5. The highest BCUT2D eigenvalue weighted by Gasteiger charge is 2.68. The summed E-state index contributed by atoms with van der Waals surface area (Å²) in [5, 5.41) is -1.59. The number of hydrogen-bond acceptors (Lipinski definition) is 6. The minimum atomic E-state index is -6.53. The molecular weight excluding hydrogens is 596 g/mol. The Kier molecular flexibility index (Phi) is 8.87. The normalized spacial score (nSPS) is 16.9. The van der Waals surface area contributed by atoms with Gasteiger partial charge in [-0.3, -0.25) is 28.9 Å². The largest absolute Gasteiger partial charge is 0.432 e. The molecule has 0 aliphatic carbocycles. The van der Waals surface area contributed by atoms with Crippen LogP contribution in [0, 0.1) is 5.92 Å². The number of hydroxylamine groups is 1. The fourth-order valence-electron chi connectivity index (χ4n) is 2.68. The topological polar surface area (TPSA) is 96.5 Å². The third kappa shape index (κ3) is 5.92. The maximum Gasteiger partial charge on any atom is 0.432 e. The zero-order valence-corrected chi connectivity index (χ0v) is 19.9. The van der Waals surface area contributed by atoms with Gasteiger partial charge in [0.1, 0.15) is 0 Å². The number of carbonyl (C=O) groups excluding carboxylic acids is 4. The monoisotopic (exact) mass is 607 g/mol. The van der Waals surface area contributed by atoms with E-state index in [2.05, 4.69) is 9.57 Å². The number of hydrogen-bond donors (Lipinski definition) is 0. The van der Waals surface area contributed by atoms with Crippen molar-refractivity contribution in [3.63, 3.8) is 0 Å². The second kappa shape index (κ2) is 10.7. The number of ether oxygens (including phenoxy) is 1. The van der Waals surface area contributed by atoms with Gasteiger partial charge in [-0.1, -0.05) is 23.2 Å². The van der Waals surface area contributed by atoms with Crippen molar-refractivity contribution < 1.29 is 68.3 Å². The van der Waals surface area contributed by atoms with Crippen LogP contribution in [0.25, 0.3) is 0 Å². The van der Waals surface area contributed by atoms with Gasteiger partial charge < -0.3 is 0 Å². The Hall–Kier alpha value is -2.83. The van der Waals surface area contributed by atoms with Crippen LogP contribution in [0.3, 0.4) is 0 Å². The van der Waals surface area contributed by atoms with Crippen molar-refractivity contribution in [2.24, 2.45) is 5.92 Å². The molecule has 0 saturated carbocycles. The van der Waals surface area contributed by atoms with Crippen LogP contribution >= 0.6 is 23.2 Å². The number of alkyl halides is 9. The molecule has 1 aliphatic heterocycles. The summed E-state index contributed by atoms with van der Waals surface area (Å²) in [6.07, 6.45) is -22.5. The van der Waals surface area contributed by atoms with Gasteiger partial charge in [0.25, 0.3) is 24.1 Å². The number of anilines is 1. The zero-order valence-electron chi connectivity index (χ0n) is 18.4. The van der Waals surface area contributed by atoms with E-state index in [-0.39, 0.29) is 9.80 Å². The molecule has 1 saturated heterocycles. The van der Waals surface area contributed by atoms with Gasteiger partial charge in [0, 0.05) is 24.1 Å². The Morgan fingerprint density at radius 1 is 0.921 bits per heavy atom. The highest BCUT2D eigenvalue weighted by Crippen LogP contribution is 2.43. The molecule has 9 nitrogen and oxygen atoms in total. The molecule has 1 atom stereocenters. The first-order valence-corrected chi connectivity index (χ1v) is 10.2. The van der Waals surface area contributed by atoms with Crippen molar-refractivity contribution in [1.29, 1.82) is 0 Å². The molecule has 212 valence electrons.